The fourth-order valence-corrected chi connectivity index (χ4v) is 5.67. The van der Waals surface area contributed by atoms with E-state index in [9.17, 15) is 9.90 Å². The lowest BCUT2D eigenvalue weighted by molar-refractivity contribution is -0.0934. The lowest BCUT2D eigenvalue weighted by atomic mass is 9.79. The molecule has 230 valence electrons. The number of nitrogens with one attached hydrogen (secondary N) is 1. The number of benzene rings is 3. The van der Waals surface area contributed by atoms with Gasteiger partial charge in [0.1, 0.15) is 36.6 Å². The molecule has 45 heavy (non-hydrogen) atoms. The number of para-hydroxylation sites is 1. The summed E-state index contributed by atoms with van der Waals surface area (Å²) in [4.78, 5) is 25.0. The van der Waals surface area contributed by atoms with Crippen molar-refractivity contribution in [3.05, 3.63) is 127 Å². The van der Waals surface area contributed by atoms with Crippen molar-refractivity contribution in [1.82, 2.24) is 19.5 Å². The van der Waals surface area contributed by atoms with Gasteiger partial charge in [0, 0.05) is 12.0 Å². The summed E-state index contributed by atoms with van der Waals surface area (Å²) >= 11 is 0. The number of carbonyl (C=O) groups is 1. The molecule has 1 fully saturated rings. The minimum atomic E-state index is -1.08. The van der Waals surface area contributed by atoms with E-state index in [-0.39, 0.29) is 25.5 Å². The molecule has 3 aromatic carbocycles. The van der Waals surface area contributed by atoms with Crippen molar-refractivity contribution in [2.75, 3.05) is 25.6 Å². The van der Waals surface area contributed by atoms with Crippen LogP contribution in [0, 0.1) is 0 Å². The van der Waals surface area contributed by atoms with Crippen LogP contribution in [0.1, 0.15) is 29.3 Å². The molecule has 3 atom stereocenters. The Morgan fingerprint density at radius 1 is 1.04 bits per heavy atom. The Balaban J connectivity index is 1.30. The summed E-state index contributed by atoms with van der Waals surface area (Å²) < 4.78 is 25.9. The van der Waals surface area contributed by atoms with Crippen molar-refractivity contribution >= 4 is 23.1 Å². The summed E-state index contributed by atoms with van der Waals surface area (Å²) in [5.41, 5.74) is 2.32. The number of aliphatic hydroxyl groups excluding tert-OH is 1. The van der Waals surface area contributed by atoms with E-state index in [1.807, 2.05) is 84.9 Å². The number of aromatic nitrogens is 4. The van der Waals surface area contributed by atoms with Gasteiger partial charge in [-0.3, -0.25) is 9.88 Å². The van der Waals surface area contributed by atoms with Gasteiger partial charge in [-0.15, -0.1) is 0 Å². The first kappa shape index (κ1) is 29.9. The van der Waals surface area contributed by atoms with Crippen LogP contribution in [0.3, 0.4) is 0 Å². The summed E-state index contributed by atoms with van der Waals surface area (Å²) in [6.45, 7) is 3.65. The Hall–Kier alpha value is -5.10. The third-order valence-corrected chi connectivity index (χ3v) is 7.74. The highest BCUT2D eigenvalue weighted by Crippen LogP contribution is 2.45. The summed E-state index contributed by atoms with van der Waals surface area (Å²) in [7, 11) is 1.64. The molecule has 3 heterocycles. The van der Waals surface area contributed by atoms with Crippen molar-refractivity contribution in [2.45, 2.75) is 30.5 Å². The summed E-state index contributed by atoms with van der Waals surface area (Å²) in [5.74, 6) is 0.858. The fraction of sp³-hybridized carbons (Fsp3) is 0.235. The van der Waals surface area contributed by atoms with Gasteiger partial charge in [-0.1, -0.05) is 91.5 Å². The minimum Gasteiger partial charge on any atom is -0.496 e. The predicted octanol–water partition coefficient (Wildman–Crippen LogP) is 5.23. The van der Waals surface area contributed by atoms with Crippen molar-refractivity contribution in [3.8, 4) is 5.75 Å². The molecule has 0 saturated carbocycles. The number of anilines is 1. The number of hydrogen-bond acceptors (Lipinski definition) is 9. The molecule has 1 unspecified atom stereocenters. The van der Waals surface area contributed by atoms with Crippen LogP contribution < -0.4 is 10.1 Å². The SMILES string of the molecule is C=CCOC(=O)Nc1ncnc2c1ncn2[C@H]1CC(O)[C@@H](COC(c2ccccc2)(c2ccccc2)c2ccccc2OC)O1. The van der Waals surface area contributed by atoms with Crippen molar-refractivity contribution < 1.29 is 28.8 Å². The second-order valence-electron chi connectivity index (χ2n) is 10.4. The maximum Gasteiger partial charge on any atom is 0.413 e. The molecule has 11 heteroatoms. The zero-order chi connectivity index (χ0) is 31.2. The monoisotopic (exact) mass is 607 g/mol. The summed E-state index contributed by atoms with van der Waals surface area (Å²) in [6.07, 6.45) is 1.79. The van der Waals surface area contributed by atoms with E-state index in [0.717, 1.165) is 16.7 Å². The Labute approximate surface area is 260 Å². The standard InChI is InChI=1S/C34H33N5O6/c1-3-18-43-33(41)38-31-30-32(36-21-35-31)39(22-37-30)29-19-26(40)28(45-29)20-44-34(23-12-6-4-7-13-23,24-14-8-5-9-15-24)25-16-10-11-17-27(25)42-2/h3-17,21-22,26,28-29,40H,1,18-20H2,2H3,(H,35,36,38,41)/t26?,28-,29-/m1/s1. The van der Waals surface area contributed by atoms with Crippen LogP contribution in [0.2, 0.25) is 0 Å². The number of amides is 1. The molecule has 1 saturated heterocycles. The number of rotatable bonds is 11. The molecule has 5 aromatic rings. The summed E-state index contributed by atoms with van der Waals surface area (Å²) in [5, 5.41) is 13.8. The second kappa shape index (κ2) is 13.3. The predicted molar refractivity (Wildman–Crippen MR) is 167 cm³/mol. The largest absolute Gasteiger partial charge is 0.496 e. The van der Waals surface area contributed by atoms with E-state index >= 15 is 0 Å². The average Bonchev–Trinajstić information content (AvgIpc) is 3.69. The van der Waals surface area contributed by atoms with Crippen molar-refractivity contribution in [3.63, 3.8) is 0 Å². The van der Waals surface area contributed by atoms with Crippen LogP contribution in [0.15, 0.2) is 110 Å². The first-order valence-electron chi connectivity index (χ1n) is 14.5. The average molecular weight is 608 g/mol. The summed E-state index contributed by atoms with van der Waals surface area (Å²) in [6, 6.07) is 27.6. The normalized spacial score (nSPS) is 18.0. The highest BCUT2D eigenvalue weighted by atomic mass is 16.6. The van der Waals surface area contributed by atoms with E-state index in [1.54, 1.807) is 18.0 Å². The molecule has 2 aromatic heterocycles. The first-order chi connectivity index (χ1) is 22.0. The molecule has 1 aliphatic heterocycles. The molecule has 0 spiro atoms. The zero-order valence-electron chi connectivity index (χ0n) is 24.7. The maximum absolute atomic E-state index is 12.1. The zero-order valence-corrected chi connectivity index (χ0v) is 24.7. The first-order valence-corrected chi connectivity index (χ1v) is 14.5. The molecule has 0 radical (unpaired) electrons. The van der Waals surface area contributed by atoms with Crippen LogP contribution in [0.25, 0.3) is 11.2 Å². The van der Waals surface area contributed by atoms with Crippen LogP contribution in [0.4, 0.5) is 10.6 Å². The van der Waals surface area contributed by atoms with Gasteiger partial charge >= 0.3 is 6.09 Å². The van der Waals surface area contributed by atoms with Crippen LogP contribution >= 0.6 is 0 Å². The number of carbonyl (C=O) groups excluding carboxylic acids is 1. The third kappa shape index (κ3) is 5.88. The number of ether oxygens (including phenoxy) is 4. The quantitative estimate of drug-likeness (QED) is 0.153. The van der Waals surface area contributed by atoms with E-state index in [1.165, 1.54) is 12.4 Å². The molecule has 1 aliphatic rings. The molecular weight excluding hydrogens is 574 g/mol. The topological polar surface area (TPSA) is 130 Å². The third-order valence-electron chi connectivity index (χ3n) is 7.74. The molecular formula is C34H33N5O6. The number of imidazole rings is 1. The fourth-order valence-electron chi connectivity index (χ4n) is 5.67. The molecule has 11 nitrogen and oxygen atoms in total. The number of nitrogens with zero attached hydrogens (tertiary/aromatic N) is 4. The smallest absolute Gasteiger partial charge is 0.413 e. The van der Waals surface area contributed by atoms with Gasteiger partial charge in [-0.2, -0.15) is 0 Å². The molecule has 1 amide bonds. The number of aliphatic hydroxyl groups is 1. The number of hydrogen-bond donors (Lipinski definition) is 2. The molecule has 0 bridgehead atoms. The Morgan fingerprint density at radius 2 is 1.73 bits per heavy atom. The van der Waals surface area contributed by atoms with Gasteiger partial charge in [0.15, 0.2) is 17.0 Å². The van der Waals surface area contributed by atoms with E-state index < -0.39 is 30.1 Å². The van der Waals surface area contributed by atoms with Crippen LogP contribution in [-0.4, -0.2) is 63.3 Å². The van der Waals surface area contributed by atoms with E-state index in [0.29, 0.717) is 16.9 Å². The van der Waals surface area contributed by atoms with Crippen LogP contribution in [-0.2, 0) is 19.8 Å². The van der Waals surface area contributed by atoms with Gasteiger partial charge < -0.3 is 24.1 Å². The maximum atomic E-state index is 12.1. The minimum absolute atomic E-state index is 0.0542. The van der Waals surface area contributed by atoms with Crippen molar-refractivity contribution in [1.29, 1.82) is 0 Å². The van der Waals surface area contributed by atoms with Crippen molar-refractivity contribution in [2.24, 2.45) is 0 Å². The van der Waals surface area contributed by atoms with E-state index in [4.69, 9.17) is 18.9 Å². The highest BCUT2D eigenvalue weighted by Gasteiger charge is 2.43. The van der Waals surface area contributed by atoms with Gasteiger partial charge in [0.05, 0.1) is 26.1 Å². The molecule has 0 aliphatic carbocycles. The van der Waals surface area contributed by atoms with E-state index in [2.05, 4.69) is 26.8 Å². The Morgan fingerprint density at radius 3 is 2.42 bits per heavy atom. The van der Waals surface area contributed by atoms with Gasteiger partial charge in [0.25, 0.3) is 0 Å². The van der Waals surface area contributed by atoms with Gasteiger partial charge in [-0.25, -0.2) is 19.7 Å². The lowest BCUT2D eigenvalue weighted by Gasteiger charge is -2.37. The Bertz CT molecular complexity index is 1720. The molecule has 2 N–H and O–H groups in total. The number of methoxy groups -OCH3 is 1. The van der Waals surface area contributed by atoms with Gasteiger partial charge in [-0.05, 0) is 17.2 Å². The highest BCUT2D eigenvalue weighted by molar-refractivity contribution is 5.93. The number of fused-ring (bicyclic) bond motifs is 1. The Kier molecular flexibility index (Phi) is 8.83. The van der Waals surface area contributed by atoms with Crippen LogP contribution in [0.5, 0.6) is 5.75 Å². The second-order valence-corrected chi connectivity index (χ2v) is 10.4. The molecule has 6 rings (SSSR count). The van der Waals surface area contributed by atoms with Gasteiger partial charge in [0.2, 0.25) is 0 Å². The lowest BCUT2D eigenvalue weighted by Crippen LogP contribution is -2.38.